The smallest absolute Gasteiger partial charge is 0.127 e. The van der Waals surface area contributed by atoms with Crippen LogP contribution in [0.15, 0.2) is 18.2 Å². The fourth-order valence-corrected chi connectivity index (χ4v) is 3.06. The predicted molar refractivity (Wildman–Crippen MR) is 77.2 cm³/mol. The van der Waals surface area contributed by atoms with E-state index in [1.54, 1.807) is 6.07 Å². The maximum absolute atomic E-state index is 13.5. The van der Waals surface area contributed by atoms with E-state index in [9.17, 15) is 4.39 Å². The lowest BCUT2D eigenvalue weighted by molar-refractivity contribution is 0.156. The van der Waals surface area contributed by atoms with Gasteiger partial charge in [-0.1, -0.05) is 38.3 Å². The Hall–Kier alpha value is -0.930. The number of benzene rings is 1. The van der Waals surface area contributed by atoms with E-state index in [0.29, 0.717) is 11.6 Å². The largest absolute Gasteiger partial charge is 0.326 e. The van der Waals surface area contributed by atoms with E-state index in [-0.39, 0.29) is 12.4 Å². The summed E-state index contributed by atoms with van der Waals surface area (Å²) < 4.78 is 13.5. The van der Waals surface area contributed by atoms with Gasteiger partial charge in [-0.25, -0.2) is 4.39 Å². The van der Waals surface area contributed by atoms with E-state index in [1.807, 2.05) is 12.1 Å². The Bertz CT molecular complexity index is 400. The maximum atomic E-state index is 13.5. The van der Waals surface area contributed by atoms with Gasteiger partial charge in [-0.05, 0) is 31.0 Å². The molecular formula is C16H25FN2. The molecule has 1 aromatic carbocycles. The van der Waals surface area contributed by atoms with Crippen molar-refractivity contribution in [2.75, 3.05) is 6.54 Å². The van der Waals surface area contributed by atoms with Crippen molar-refractivity contribution in [1.29, 1.82) is 0 Å². The molecule has 0 unspecified atom stereocenters. The van der Waals surface area contributed by atoms with Crippen molar-refractivity contribution < 1.29 is 4.39 Å². The zero-order chi connectivity index (χ0) is 13.7. The Morgan fingerprint density at radius 1 is 1.26 bits per heavy atom. The van der Waals surface area contributed by atoms with Gasteiger partial charge >= 0.3 is 0 Å². The first-order chi connectivity index (χ1) is 9.24. The van der Waals surface area contributed by atoms with E-state index >= 15 is 0 Å². The Kier molecular flexibility index (Phi) is 5.34. The second kappa shape index (κ2) is 7.01. The Balaban J connectivity index is 2.04. The van der Waals surface area contributed by atoms with Gasteiger partial charge in [0.25, 0.3) is 0 Å². The predicted octanol–water partition coefficient (Wildman–Crippen LogP) is 3.44. The Labute approximate surface area is 115 Å². The molecule has 0 heterocycles. The average Bonchev–Trinajstić information content (AvgIpc) is 2.47. The Morgan fingerprint density at radius 3 is 2.63 bits per heavy atom. The van der Waals surface area contributed by atoms with Gasteiger partial charge < -0.3 is 5.73 Å². The summed E-state index contributed by atoms with van der Waals surface area (Å²) in [4.78, 5) is 2.52. The van der Waals surface area contributed by atoms with Crippen LogP contribution in [0.3, 0.4) is 0 Å². The van der Waals surface area contributed by atoms with Crippen LogP contribution in [0.4, 0.5) is 4.39 Å². The van der Waals surface area contributed by atoms with Crippen LogP contribution in [-0.2, 0) is 13.1 Å². The number of nitrogens with zero attached hydrogens (tertiary/aromatic N) is 1. The second-order valence-electron chi connectivity index (χ2n) is 5.48. The summed E-state index contributed by atoms with van der Waals surface area (Å²) in [7, 11) is 0. The van der Waals surface area contributed by atoms with Gasteiger partial charge in [-0.3, -0.25) is 4.90 Å². The summed E-state index contributed by atoms with van der Waals surface area (Å²) in [6.07, 6.45) is 6.68. The van der Waals surface area contributed by atoms with E-state index in [1.165, 1.54) is 37.7 Å². The maximum Gasteiger partial charge on any atom is 0.127 e. The van der Waals surface area contributed by atoms with Crippen molar-refractivity contribution in [2.45, 2.75) is 58.2 Å². The van der Waals surface area contributed by atoms with Crippen LogP contribution in [-0.4, -0.2) is 17.5 Å². The van der Waals surface area contributed by atoms with Gasteiger partial charge in [0.05, 0.1) is 0 Å². The van der Waals surface area contributed by atoms with Crippen LogP contribution in [0.2, 0.25) is 0 Å². The Morgan fingerprint density at radius 2 is 2.00 bits per heavy atom. The molecule has 2 N–H and O–H groups in total. The molecule has 2 rings (SSSR count). The molecule has 1 aromatic rings. The molecule has 0 aliphatic heterocycles. The highest BCUT2D eigenvalue weighted by Crippen LogP contribution is 2.24. The van der Waals surface area contributed by atoms with Gasteiger partial charge in [-0.15, -0.1) is 0 Å². The molecule has 0 bridgehead atoms. The molecule has 3 heteroatoms. The summed E-state index contributed by atoms with van der Waals surface area (Å²) in [6.45, 7) is 4.45. The van der Waals surface area contributed by atoms with E-state index in [0.717, 1.165) is 13.1 Å². The topological polar surface area (TPSA) is 29.3 Å². The van der Waals surface area contributed by atoms with Gasteiger partial charge in [-0.2, -0.15) is 0 Å². The van der Waals surface area contributed by atoms with Crippen LogP contribution in [0.1, 0.15) is 50.2 Å². The van der Waals surface area contributed by atoms with Crippen molar-refractivity contribution in [3.8, 4) is 0 Å². The highest BCUT2D eigenvalue weighted by molar-refractivity contribution is 5.25. The fourth-order valence-electron chi connectivity index (χ4n) is 3.06. The number of hydrogen-bond donors (Lipinski definition) is 1. The summed E-state index contributed by atoms with van der Waals surface area (Å²) in [5, 5.41) is 0. The molecule has 0 radical (unpaired) electrons. The fraction of sp³-hybridized carbons (Fsp3) is 0.625. The monoisotopic (exact) mass is 264 g/mol. The molecule has 2 nitrogen and oxygen atoms in total. The van der Waals surface area contributed by atoms with Crippen molar-refractivity contribution >= 4 is 0 Å². The summed E-state index contributed by atoms with van der Waals surface area (Å²) >= 11 is 0. The minimum Gasteiger partial charge on any atom is -0.326 e. The molecule has 1 aliphatic carbocycles. The standard InChI is InChI=1S/C16H25FN2/c1-2-19(15-6-4-3-5-7-15)12-13-8-9-16(17)14(10-13)11-18/h8-10,15H,2-7,11-12,18H2,1H3. The van der Waals surface area contributed by atoms with Crippen molar-refractivity contribution in [3.63, 3.8) is 0 Å². The quantitative estimate of drug-likeness (QED) is 0.882. The highest BCUT2D eigenvalue weighted by Gasteiger charge is 2.20. The SMILES string of the molecule is CCN(Cc1ccc(F)c(CN)c1)C1CCCCC1. The third-order valence-corrected chi connectivity index (χ3v) is 4.21. The van der Waals surface area contributed by atoms with Crippen molar-refractivity contribution in [3.05, 3.63) is 35.1 Å². The molecule has 0 atom stereocenters. The van der Waals surface area contributed by atoms with Crippen LogP contribution in [0.5, 0.6) is 0 Å². The number of rotatable bonds is 5. The molecule has 0 amide bonds. The third-order valence-electron chi connectivity index (χ3n) is 4.21. The molecule has 19 heavy (non-hydrogen) atoms. The minimum atomic E-state index is -0.188. The third kappa shape index (κ3) is 3.77. The number of nitrogens with two attached hydrogens (primary N) is 1. The van der Waals surface area contributed by atoms with E-state index < -0.39 is 0 Å². The zero-order valence-electron chi connectivity index (χ0n) is 11.9. The summed E-state index contributed by atoms with van der Waals surface area (Å²) in [5.41, 5.74) is 7.37. The summed E-state index contributed by atoms with van der Waals surface area (Å²) in [6, 6.07) is 6.05. The van der Waals surface area contributed by atoms with Crippen LogP contribution < -0.4 is 5.73 Å². The molecule has 106 valence electrons. The lowest BCUT2D eigenvalue weighted by Gasteiger charge is -2.33. The lowest BCUT2D eigenvalue weighted by atomic mass is 9.94. The van der Waals surface area contributed by atoms with Crippen LogP contribution in [0, 0.1) is 5.82 Å². The molecule has 1 saturated carbocycles. The second-order valence-corrected chi connectivity index (χ2v) is 5.48. The molecular weight excluding hydrogens is 239 g/mol. The lowest BCUT2D eigenvalue weighted by Crippen LogP contribution is -2.36. The highest BCUT2D eigenvalue weighted by atomic mass is 19.1. The number of hydrogen-bond acceptors (Lipinski definition) is 2. The van der Waals surface area contributed by atoms with Crippen molar-refractivity contribution in [1.82, 2.24) is 4.90 Å². The van der Waals surface area contributed by atoms with Gasteiger partial charge in [0.1, 0.15) is 5.82 Å². The normalized spacial score (nSPS) is 17.1. The first-order valence-corrected chi connectivity index (χ1v) is 7.46. The summed E-state index contributed by atoms with van der Waals surface area (Å²) in [5.74, 6) is -0.188. The molecule has 0 spiro atoms. The molecule has 1 fully saturated rings. The number of halogens is 1. The zero-order valence-corrected chi connectivity index (χ0v) is 11.9. The molecule has 0 saturated heterocycles. The molecule has 1 aliphatic rings. The van der Waals surface area contributed by atoms with Crippen LogP contribution >= 0.6 is 0 Å². The van der Waals surface area contributed by atoms with Crippen LogP contribution in [0.25, 0.3) is 0 Å². The van der Waals surface area contributed by atoms with Gasteiger partial charge in [0.15, 0.2) is 0 Å². The first-order valence-electron chi connectivity index (χ1n) is 7.46. The van der Waals surface area contributed by atoms with E-state index in [4.69, 9.17) is 5.73 Å². The minimum absolute atomic E-state index is 0.188. The van der Waals surface area contributed by atoms with Crippen molar-refractivity contribution in [2.24, 2.45) is 5.73 Å². The van der Waals surface area contributed by atoms with E-state index in [2.05, 4.69) is 11.8 Å². The molecule has 0 aromatic heterocycles. The average molecular weight is 264 g/mol. The van der Waals surface area contributed by atoms with Gasteiger partial charge in [0, 0.05) is 24.7 Å². The first kappa shape index (κ1) is 14.5. The van der Waals surface area contributed by atoms with Gasteiger partial charge in [0.2, 0.25) is 0 Å².